The van der Waals surface area contributed by atoms with E-state index in [0.29, 0.717) is 17.6 Å². The van der Waals surface area contributed by atoms with Crippen LogP contribution < -0.4 is 0 Å². The molecule has 3 atom stereocenters. The quantitative estimate of drug-likeness (QED) is 0.900. The molecule has 0 amide bonds. The Balaban J connectivity index is 1.87. The van der Waals surface area contributed by atoms with E-state index in [9.17, 15) is 13.9 Å². The van der Waals surface area contributed by atoms with Gasteiger partial charge in [-0.05, 0) is 57.2 Å². The molecule has 110 valence electrons. The predicted molar refractivity (Wildman–Crippen MR) is 73.4 cm³/mol. The number of aliphatic hydroxyl groups is 1. The minimum atomic E-state index is -1.04. The van der Waals surface area contributed by atoms with Crippen molar-refractivity contribution in [3.05, 3.63) is 34.9 Å². The number of piperidine rings is 1. The Morgan fingerprint density at radius 3 is 2.40 bits per heavy atom. The molecule has 0 aromatic heterocycles. The lowest BCUT2D eigenvalue weighted by atomic mass is 9.83. The Morgan fingerprint density at radius 2 is 1.80 bits per heavy atom. The van der Waals surface area contributed by atoms with Crippen molar-refractivity contribution in [1.82, 2.24) is 4.90 Å². The molecule has 2 aliphatic rings. The molecule has 4 heteroatoms. The van der Waals surface area contributed by atoms with E-state index in [2.05, 4.69) is 11.9 Å². The molecule has 1 N–H and O–H groups in total. The first-order valence-electron chi connectivity index (χ1n) is 7.33. The van der Waals surface area contributed by atoms with Crippen LogP contribution in [0.2, 0.25) is 0 Å². The Hall–Kier alpha value is -1.00. The number of benzene rings is 1. The molecule has 0 radical (unpaired) electrons. The van der Waals surface area contributed by atoms with Gasteiger partial charge < -0.3 is 10.0 Å². The number of nitrogens with zero attached hydrogens (tertiary/aromatic N) is 1. The van der Waals surface area contributed by atoms with Crippen LogP contribution in [-0.2, 0) is 0 Å². The second kappa shape index (κ2) is 5.08. The first-order chi connectivity index (χ1) is 9.49. The van der Waals surface area contributed by atoms with Gasteiger partial charge in [-0.2, -0.15) is 0 Å². The van der Waals surface area contributed by atoms with Crippen molar-refractivity contribution >= 4 is 0 Å². The van der Waals surface area contributed by atoms with Crippen LogP contribution in [0.15, 0.2) is 12.1 Å². The topological polar surface area (TPSA) is 23.5 Å². The maximum atomic E-state index is 14.1. The molecule has 3 unspecified atom stereocenters. The van der Waals surface area contributed by atoms with E-state index < -0.39 is 17.7 Å². The van der Waals surface area contributed by atoms with Crippen molar-refractivity contribution in [2.45, 2.75) is 50.8 Å². The van der Waals surface area contributed by atoms with Crippen LogP contribution in [0, 0.1) is 24.5 Å². The summed E-state index contributed by atoms with van der Waals surface area (Å²) >= 11 is 0. The maximum Gasteiger partial charge on any atom is 0.134 e. The molecule has 0 aliphatic carbocycles. The third kappa shape index (κ3) is 2.15. The average Bonchev–Trinajstić information content (AvgIpc) is 2.66. The van der Waals surface area contributed by atoms with Gasteiger partial charge in [0.05, 0.1) is 11.7 Å². The SMILES string of the molecule is Cc1ccc(F)c(C(O)C2CC3CCC(C2)N3C)c1F. The second-order valence-electron chi connectivity index (χ2n) is 6.32. The van der Waals surface area contributed by atoms with Crippen molar-refractivity contribution < 1.29 is 13.9 Å². The monoisotopic (exact) mass is 281 g/mol. The summed E-state index contributed by atoms with van der Waals surface area (Å²) in [5.41, 5.74) is 0.246. The Kier molecular flexibility index (Phi) is 3.55. The average molecular weight is 281 g/mol. The molecule has 1 aromatic rings. The normalized spacial score (nSPS) is 31.6. The van der Waals surface area contributed by atoms with Gasteiger partial charge in [0.2, 0.25) is 0 Å². The number of aliphatic hydroxyl groups excluding tert-OH is 1. The van der Waals surface area contributed by atoms with Gasteiger partial charge in [-0.15, -0.1) is 0 Å². The zero-order valence-electron chi connectivity index (χ0n) is 11.9. The van der Waals surface area contributed by atoms with Gasteiger partial charge in [-0.25, -0.2) is 8.78 Å². The number of hydrogen-bond acceptors (Lipinski definition) is 2. The van der Waals surface area contributed by atoms with Crippen LogP contribution in [0.3, 0.4) is 0 Å². The maximum absolute atomic E-state index is 14.1. The largest absolute Gasteiger partial charge is 0.388 e. The molecule has 1 aromatic carbocycles. The summed E-state index contributed by atoms with van der Waals surface area (Å²) in [4.78, 5) is 2.35. The highest BCUT2D eigenvalue weighted by molar-refractivity contribution is 5.29. The van der Waals surface area contributed by atoms with Gasteiger partial charge in [0.1, 0.15) is 11.6 Å². The van der Waals surface area contributed by atoms with Crippen LogP contribution in [0.1, 0.15) is 42.9 Å². The van der Waals surface area contributed by atoms with E-state index in [0.717, 1.165) is 25.7 Å². The molecule has 20 heavy (non-hydrogen) atoms. The van der Waals surface area contributed by atoms with Crippen molar-refractivity contribution in [3.8, 4) is 0 Å². The highest BCUT2D eigenvalue weighted by Gasteiger charge is 2.42. The summed E-state index contributed by atoms with van der Waals surface area (Å²) in [6.07, 6.45) is 2.86. The molecule has 2 nitrogen and oxygen atoms in total. The van der Waals surface area contributed by atoms with Crippen molar-refractivity contribution in [2.75, 3.05) is 7.05 Å². The van der Waals surface area contributed by atoms with Crippen LogP contribution in [0.25, 0.3) is 0 Å². The van der Waals surface area contributed by atoms with Gasteiger partial charge in [0, 0.05) is 12.1 Å². The lowest BCUT2D eigenvalue weighted by Crippen LogP contribution is -2.41. The lowest BCUT2D eigenvalue weighted by molar-refractivity contribution is 0.0316. The molecule has 2 fully saturated rings. The molecule has 2 aliphatic heterocycles. The third-order valence-electron chi connectivity index (χ3n) is 5.20. The van der Waals surface area contributed by atoms with Crippen molar-refractivity contribution in [3.63, 3.8) is 0 Å². The Morgan fingerprint density at radius 1 is 1.20 bits per heavy atom. The molecule has 0 saturated carbocycles. The fourth-order valence-electron chi connectivity index (χ4n) is 3.90. The van der Waals surface area contributed by atoms with Gasteiger partial charge in [0.15, 0.2) is 0 Å². The summed E-state index contributed by atoms with van der Waals surface area (Å²) in [5, 5.41) is 10.5. The molecule has 3 rings (SSSR count). The molecular weight excluding hydrogens is 260 g/mol. The van der Waals surface area contributed by atoms with E-state index >= 15 is 0 Å². The summed E-state index contributed by atoms with van der Waals surface area (Å²) in [7, 11) is 2.11. The van der Waals surface area contributed by atoms with Gasteiger partial charge in [-0.1, -0.05) is 6.07 Å². The Bertz CT molecular complexity index is 505. The summed E-state index contributed by atoms with van der Waals surface area (Å²) in [6.45, 7) is 1.60. The van der Waals surface area contributed by atoms with Gasteiger partial charge in [0.25, 0.3) is 0 Å². The number of fused-ring (bicyclic) bond motifs is 2. The van der Waals surface area contributed by atoms with E-state index in [1.807, 2.05) is 0 Å². The van der Waals surface area contributed by atoms with Crippen LogP contribution in [0.4, 0.5) is 8.78 Å². The summed E-state index contributed by atoms with van der Waals surface area (Å²) in [6, 6.07) is 3.56. The zero-order valence-corrected chi connectivity index (χ0v) is 11.9. The summed E-state index contributed by atoms with van der Waals surface area (Å²) in [5.74, 6) is -1.27. The van der Waals surface area contributed by atoms with Gasteiger partial charge in [-0.3, -0.25) is 0 Å². The Labute approximate surface area is 118 Å². The van der Waals surface area contributed by atoms with Crippen LogP contribution in [0.5, 0.6) is 0 Å². The number of hydrogen-bond donors (Lipinski definition) is 1. The standard InChI is InChI=1S/C16H21F2NO/c1-9-3-6-13(17)14(15(9)18)16(20)10-7-11-4-5-12(8-10)19(11)2/h3,6,10-12,16,20H,4-5,7-8H2,1-2H3. The predicted octanol–water partition coefficient (Wildman–Crippen LogP) is 3.18. The molecule has 2 saturated heterocycles. The van der Waals surface area contributed by atoms with Crippen LogP contribution in [-0.4, -0.2) is 29.1 Å². The van der Waals surface area contributed by atoms with E-state index in [-0.39, 0.29) is 11.5 Å². The second-order valence-corrected chi connectivity index (χ2v) is 6.32. The van der Waals surface area contributed by atoms with Gasteiger partial charge >= 0.3 is 0 Å². The number of aryl methyl sites for hydroxylation is 1. The summed E-state index contributed by atoms with van der Waals surface area (Å²) < 4.78 is 28.1. The minimum absolute atomic E-state index is 0.0468. The molecular formula is C16H21F2NO. The lowest BCUT2D eigenvalue weighted by Gasteiger charge is -2.38. The molecule has 2 heterocycles. The van der Waals surface area contributed by atoms with Crippen molar-refractivity contribution in [1.29, 1.82) is 0 Å². The smallest absolute Gasteiger partial charge is 0.134 e. The van der Waals surface area contributed by atoms with Crippen molar-refractivity contribution in [2.24, 2.45) is 5.92 Å². The first kappa shape index (κ1) is 14.0. The fraction of sp³-hybridized carbons (Fsp3) is 0.625. The number of rotatable bonds is 2. The highest BCUT2D eigenvalue weighted by atomic mass is 19.1. The first-order valence-corrected chi connectivity index (χ1v) is 7.33. The number of halogens is 2. The van der Waals surface area contributed by atoms with E-state index in [1.165, 1.54) is 12.1 Å². The van der Waals surface area contributed by atoms with Crippen LogP contribution >= 0.6 is 0 Å². The zero-order chi connectivity index (χ0) is 14.4. The third-order valence-corrected chi connectivity index (χ3v) is 5.20. The molecule has 0 spiro atoms. The minimum Gasteiger partial charge on any atom is -0.388 e. The van der Waals surface area contributed by atoms with E-state index in [4.69, 9.17) is 0 Å². The molecule has 2 bridgehead atoms. The fourth-order valence-corrected chi connectivity index (χ4v) is 3.90. The highest BCUT2D eigenvalue weighted by Crippen LogP contribution is 2.43. The van der Waals surface area contributed by atoms with E-state index in [1.54, 1.807) is 6.92 Å².